The van der Waals surface area contributed by atoms with Gasteiger partial charge in [-0.15, -0.1) is 0 Å². The second-order valence-electron chi connectivity index (χ2n) is 3.34. The number of rotatable bonds is 6. The van der Waals surface area contributed by atoms with E-state index in [9.17, 15) is 28.5 Å². The van der Waals surface area contributed by atoms with E-state index in [1.807, 2.05) is 0 Å². The van der Waals surface area contributed by atoms with Gasteiger partial charge in [0.2, 0.25) is 0 Å². The third-order valence-corrected chi connectivity index (χ3v) is 2.08. The maximum absolute atomic E-state index is 12.2. The number of hydrogen-bond donors (Lipinski definition) is 1. The molecule has 1 rings (SSSR count). The largest absolute Gasteiger partial charge is 0.481 e. The molecule has 0 amide bonds. The number of alkyl halides is 2. The van der Waals surface area contributed by atoms with Gasteiger partial charge in [0.05, 0.1) is 16.9 Å². The lowest BCUT2D eigenvalue weighted by molar-refractivity contribution is -0.385. The third-order valence-electron chi connectivity index (χ3n) is 2.08. The molecule has 102 valence electrons. The SMILES string of the molecule is O=Cc1cc(OC(F)F)c(CC(=O)O)c([N+](=O)[O-])c1. The van der Waals surface area contributed by atoms with Crippen molar-refractivity contribution in [2.45, 2.75) is 13.0 Å². The van der Waals surface area contributed by atoms with Crippen LogP contribution in [0.5, 0.6) is 5.75 Å². The molecule has 0 fully saturated rings. The fourth-order valence-corrected chi connectivity index (χ4v) is 1.41. The first-order valence-electron chi connectivity index (χ1n) is 4.78. The van der Waals surface area contributed by atoms with E-state index < -0.39 is 40.9 Å². The van der Waals surface area contributed by atoms with Crippen molar-refractivity contribution in [1.29, 1.82) is 0 Å². The van der Waals surface area contributed by atoms with E-state index in [1.54, 1.807) is 0 Å². The van der Waals surface area contributed by atoms with Crippen LogP contribution in [-0.4, -0.2) is 28.9 Å². The van der Waals surface area contributed by atoms with Crippen LogP contribution >= 0.6 is 0 Å². The number of hydrogen-bond acceptors (Lipinski definition) is 5. The Bertz CT molecular complexity index is 531. The molecule has 0 atom stereocenters. The number of nitrogens with zero attached hydrogens (tertiary/aromatic N) is 1. The summed E-state index contributed by atoms with van der Waals surface area (Å²) in [5, 5.41) is 19.4. The van der Waals surface area contributed by atoms with Gasteiger partial charge < -0.3 is 9.84 Å². The minimum absolute atomic E-state index is 0.204. The van der Waals surface area contributed by atoms with Crippen molar-refractivity contribution in [1.82, 2.24) is 0 Å². The van der Waals surface area contributed by atoms with Crippen LogP contribution in [0.4, 0.5) is 14.5 Å². The Hall–Kier alpha value is -2.58. The molecular formula is C10H7F2NO6. The average molecular weight is 275 g/mol. The molecule has 0 saturated heterocycles. The summed E-state index contributed by atoms with van der Waals surface area (Å²) in [5.74, 6) is -2.16. The minimum Gasteiger partial charge on any atom is -0.481 e. The van der Waals surface area contributed by atoms with Crippen molar-refractivity contribution in [2.75, 3.05) is 0 Å². The molecule has 0 aromatic heterocycles. The predicted molar refractivity (Wildman–Crippen MR) is 56.5 cm³/mol. The van der Waals surface area contributed by atoms with E-state index in [0.29, 0.717) is 0 Å². The Morgan fingerprint density at radius 3 is 2.58 bits per heavy atom. The summed E-state index contributed by atoms with van der Waals surface area (Å²) in [6.45, 7) is -3.30. The summed E-state index contributed by atoms with van der Waals surface area (Å²) in [7, 11) is 0. The van der Waals surface area contributed by atoms with Gasteiger partial charge in [-0.25, -0.2) is 0 Å². The smallest absolute Gasteiger partial charge is 0.387 e. The fraction of sp³-hybridized carbons (Fsp3) is 0.200. The number of aldehydes is 1. The molecule has 0 aliphatic carbocycles. The van der Waals surface area contributed by atoms with Crippen molar-refractivity contribution < 1.29 is 33.1 Å². The maximum atomic E-state index is 12.2. The Morgan fingerprint density at radius 1 is 1.53 bits per heavy atom. The molecule has 1 N–H and O–H groups in total. The number of ether oxygens (including phenoxy) is 1. The van der Waals surface area contributed by atoms with Gasteiger partial charge in [0.15, 0.2) is 0 Å². The molecule has 0 heterocycles. The van der Waals surface area contributed by atoms with Crippen molar-refractivity contribution in [3.8, 4) is 5.75 Å². The van der Waals surface area contributed by atoms with E-state index in [0.717, 1.165) is 12.1 Å². The van der Waals surface area contributed by atoms with Crippen LogP contribution < -0.4 is 4.74 Å². The molecular weight excluding hydrogens is 268 g/mol. The molecule has 0 radical (unpaired) electrons. The van der Waals surface area contributed by atoms with Gasteiger partial charge >= 0.3 is 12.6 Å². The van der Waals surface area contributed by atoms with E-state index in [1.165, 1.54) is 0 Å². The van der Waals surface area contributed by atoms with Gasteiger partial charge in [0, 0.05) is 11.6 Å². The molecule has 0 spiro atoms. The number of carboxylic acids is 1. The normalized spacial score (nSPS) is 10.3. The summed E-state index contributed by atoms with van der Waals surface area (Å²) in [6.07, 6.45) is -0.673. The Balaban J connectivity index is 3.45. The zero-order chi connectivity index (χ0) is 14.6. The summed E-state index contributed by atoms with van der Waals surface area (Å²) < 4.78 is 28.4. The molecule has 1 aromatic carbocycles. The molecule has 0 saturated carbocycles. The lowest BCUT2D eigenvalue weighted by Gasteiger charge is -2.10. The number of aliphatic carboxylic acids is 1. The van der Waals surface area contributed by atoms with Gasteiger partial charge in [-0.1, -0.05) is 0 Å². The standard InChI is InChI=1S/C10H7F2NO6/c11-10(12)19-8-2-5(4-14)1-7(13(17)18)6(8)3-9(15)16/h1-2,4,10H,3H2,(H,15,16). The van der Waals surface area contributed by atoms with Crippen molar-refractivity contribution >= 4 is 17.9 Å². The average Bonchev–Trinajstić information content (AvgIpc) is 2.29. The highest BCUT2D eigenvalue weighted by Crippen LogP contribution is 2.31. The quantitative estimate of drug-likeness (QED) is 0.480. The highest BCUT2D eigenvalue weighted by Gasteiger charge is 2.24. The number of nitro benzene ring substituents is 1. The Morgan fingerprint density at radius 2 is 2.16 bits per heavy atom. The summed E-state index contributed by atoms with van der Waals surface area (Å²) >= 11 is 0. The molecule has 9 heteroatoms. The zero-order valence-corrected chi connectivity index (χ0v) is 9.21. The van der Waals surface area contributed by atoms with E-state index in [2.05, 4.69) is 4.74 Å². The topological polar surface area (TPSA) is 107 Å². The second kappa shape index (κ2) is 5.85. The van der Waals surface area contributed by atoms with Gasteiger partial charge in [-0.3, -0.25) is 19.7 Å². The van der Waals surface area contributed by atoms with Crippen LogP contribution in [0, 0.1) is 10.1 Å². The van der Waals surface area contributed by atoms with Crippen molar-refractivity contribution in [3.05, 3.63) is 33.4 Å². The number of carboxylic acid groups (broad SMARTS) is 1. The Labute approximate surface area is 104 Å². The monoisotopic (exact) mass is 275 g/mol. The predicted octanol–water partition coefficient (Wildman–Crippen LogP) is 1.64. The molecule has 7 nitrogen and oxygen atoms in total. The maximum Gasteiger partial charge on any atom is 0.387 e. The van der Waals surface area contributed by atoms with Crippen LogP contribution in [0.2, 0.25) is 0 Å². The summed E-state index contributed by atoms with van der Waals surface area (Å²) in [6, 6.07) is 1.62. The molecule has 0 aliphatic heterocycles. The van der Waals surface area contributed by atoms with E-state index >= 15 is 0 Å². The fourth-order valence-electron chi connectivity index (χ4n) is 1.41. The highest BCUT2D eigenvalue weighted by atomic mass is 19.3. The van der Waals surface area contributed by atoms with Gasteiger partial charge in [-0.2, -0.15) is 8.78 Å². The Kier molecular flexibility index (Phi) is 4.46. The number of halogens is 2. The number of carbonyl (C=O) groups is 2. The van der Waals surface area contributed by atoms with Crippen molar-refractivity contribution in [2.24, 2.45) is 0 Å². The van der Waals surface area contributed by atoms with Gasteiger partial charge in [0.1, 0.15) is 12.0 Å². The van der Waals surface area contributed by atoms with Crippen LogP contribution in [0.3, 0.4) is 0 Å². The lowest BCUT2D eigenvalue weighted by Crippen LogP contribution is -2.10. The lowest BCUT2D eigenvalue weighted by atomic mass is 10.1. The highest BCUT2D eigenvalue weighted by molar-refractivity contribution is 5.80. The number of nitro groups is 1. The van der Waals surface area contributed by atoms with E-state index in [4.69, 9.17) is 5.11 Å². The summed E-state index contributed by atoms with van der Waals surface area (Å²) in [4.78, 5) is 31.0. The first kappa shape index (κ1) is 14.5. The second-order valence-corrected chi connectivity index (χ2v) is 3.34. The number of benzene rings is 1. The van der Waals surface area contributed by atoms with Gasteiger partial charge in [-0.05, 0) is 6.07 Å². The van der Waals surface area contributed by atoms with Crippen molar-refractivity contribution in [3.63, 3.8) is 0 Å². The van der Waals surface area contributed by atoms with E-state index in [-0.39, 0.29) is 11.8 Å². The van der Waals surface area contributed by atoms with Crippen LogP contribution in [-0.2, 0) is 11.2 Å². The first-order chi connectivity index (χ1) is 8.85. The third kappa shape index (κ3) is 3.69. The van der Waals surface area contributed by atoms with Gasteiger partial charge in [0.25, 0.3) is 5.69 Å². The minimum atomic E-state index is -3.30. The van der Waals surface area contributed by atoms with Crippen LogP contribution in [0.1, 0.15) is 15.9 Å². The molecule has 0 unspecified atom stereocenters. The number of carbonyl (C=O) groups excluding carboxylic acids is 1. The first-order valence-corrected chi connectivity index (χ1v) is 4.78. The molecule has 1 aromatic rings. The zero-order valence-electron chi connectivity index (χ0n) is 9.21. The molecule has 19 heavy (non-hydrogen) atoms. The molecule has 0 bridgehead atoms. The van der Waals surface area contributed by atoms with Crippen LogP contribution in [0.15, 0.2) is 12.1 Å². The van der Waals surface area contributed by atoms with Crippen LogP contribution in [0.25, 0.3) is 0 Å². The summed E-state index contributed by atoms with van der Waals surface area (Å²) in [5.41, 5.74) is -1.55. The molecule has 0 aliphatic rings.